The molecule has 0 bridgehead atoms. The Morgan fingerprint density at radius 3 is 2.64 bits per heavy atom. The van der Waals surface area contributed by atoms with Gasteiger partial charge in [-0.15, -0.1) is 12.4 Å². The summed E-state index contributed by atoms with van der Waals surface area (Å²) in [6, 6.07) is 7.83. The highest BCUT2D eigenvalue weighted by atomic mass is 35.5. The third-order valence-electron chi connectivity index (χ3n) is 4.90. The van der Waals surface area contributed by atoms with Crippen LogP contribution in [0.25, 0.3) is 11.4 Å². The summed E-state index contributed by atoms with van der Waals surface area (Å²) < 4.78 is 10.5. The van der Waals surface area contributed by atoms with Crippen molar-refractivity contribution >= 4 is 18.3 Å². The highest BCUT2D eigenvalue weighted by Gasteiger charge is 2.24. The van der Waals surface area contributed by atoms with Crippen LogP contribution in [0.3, 0.4) is 0 Å². The summed E-state index contributed by atoms with van der Waals surface area (Å²) in [5, 5.41) is 7.39. The number of halogens is 1. The van der Waals surface area contributed by atoms with Crippen molar-refractivity contribution in [3.8, 4) is 17.1 Å². The number of carbonyl (C=O) groups is 1. The van der Waals surface area contributed by atoms with E-state index in [9.17, 15) is 4.79 Å². The predicted octanol–water partition coefficient (Wildman–Crippen LogP) is 3.09. The molecule has 154 valence electrons. The van der Waals surface area contributed by atoms with Crippen molar-refractivity contribution in [2.24, 2.45) is 0 Å². The van der Waals surface area contributed by atoms with Crippen molar-refractivity contribution in [1.29, 1.82) is 0 Å². The Morgan fingerprint density at radius 1 is 1.29 bits per heavy atom. The van der Waals surface area contributed by atoms with Gasteiger partial charge in [-0.1, -0.05) is 12.1 Å². The fraction of sp³-hybridized carbons (Fsp3) is 0.550. The second-order valence-electron chi connectivity index (χ2n) is 6.81. The third-order valence-corrected chi connectivity index (χ3v) is 4.90. The lowest BCUT2D eigenvalue weighted by Crippen LogP contribution is -2.46. The van der Waals surface area contributed by atoms with Gasteiger partial charge in [0.1, 0.15) is 5.75 Å². The number of aryl methyl sites for hydroxylation is 1. The molecule has 1 fully saturated rings. The average molecular weight is 409 g/mol. The van der Waals surface area contributed by atoms with Crippen LogP contribution in [0.2, 0.25) is 0 Å². The number of carbonyl (C=O) groups excluding carboxylic acids is 1. The Labute approximate surface area is 172 Å². The number of piperidine rings is 1. The third kappa shape index (κ3) is 5.69. The fourth-order valence-electron chi connectivity index (χ4n) is 3.44. The van der Waals surface area contributed by atoms with Crippen LogP contribution in [0.1, 0.15) is 38.5 Å². The zero-order valence-corrected chi connectivity index (χ0v) is 17.3. The van der Waals surface area contributed by atoms with Crippen molar-refractivity contribution < 1.29 is 14.1 Å². The van der Waals surface area contributed by atoms with E-state index in [2.05, 4.69) is 22.4 Å². The highest BCUT2D eigenvalue weighted by molar-refractivity contribution is 5.85. The van der Waals surface area contributed by atoms with Crippen LogP contribution in [-0.2, 0) is 11.2 Å². The molecule has 2 heterocycles. The molecule has 1 saturated heterocycles. The summed E-state index contributed by atoms with van der Waals surface area (Å²) in [6.07, 6.45) is 3.88. The second kappa shape index (κ2) is 11.0. The molecule has 3 rings (SSSR count). The van der Waals surface area contributed by atoms with Gasteiger partial charge in [0.15, 0.2) is 0 Å². The minimum absolute atomic E-state index is 0. The summed E-state index contributed by atoms with van der Waals surface area (Å²) >= 11 is 0. The van der Waals surface area contributed by atoms with Crippen LogP contribution in [0.4, 0.5) is 0 Å². The zero-order chi connectivity index (χ0) is 19.1. The molecule has 1 aliphatic heterocycles. The van der Waals surface area contributed by atoms with Gasteiger partial charge in [0.2, 0.25) is 17.6 Å². The highest BCUT2D eigenvalue weighted by Crippen LogP contribution is 2.20. The maximum Gasteiger partial charge on any atom is 0.227 e. The summed E-state index contributed by atoms with van der Waals surface area (Å²) in [5.41, 5.74) is 0.861. The molecule has 0 saturated carbocycles. The van der Waals surface area contributed by atoms with E-state index in [1.54, 1.807) is 7.11 Å². The standard InChI is InChI=1S/C20H28N4O3.ClH/c1-3-14-24(16-10-12-21-13-11-16)19(25)9-8-18-22-20(23-27-18)15-4-6-17(26-2)7-5-15;/h4-7,16,21H,3,8-14H2,1-2H3;1H. The van der Waals surface area contributed by atoms with Crippen LogP contribution in [-0.4, -0.2) is 53.7 Å². The second-order valence-corrected chi connectivity index (χ2v) is 6.81. The van der Waals surface area contributed by atoms with E-state index in [1.165, 1.54) is 0 Å². The Bertz CT molecular complexity index is 729. The largest absolute Gasteiger partial charge is 0.497 e. The van der Waals surface area contributed by atoms with Gasteiger partial charge in [-0.05, 0) is 56.6 Å². The number of nitrogens with zero attached hydrogens (tertiary/aromatic N) is 3. The Kier molecular flexibility index (Phi) is 8.73. The number of ether oxygens (including phenoxy) is 1. The smallest absolute Gasteiger partial charge is 0.227 e. The van der Waals surface area contributed by atoms with Crippen molar-refractivity contribution in [3.05, 3.63) is 30.2 Å². The summed E-state index contributed by atoms with van der Waals surface area (Å²) in [5.74, 6) is 1.98. The number of hydrogen-bond acceptors (Lipinski definition) is 6. The lowest BCUT2D eigenvalue weighted by molar-refractivity contribution is -0.134. The summed E-state index contributed by atoms with van der Waals surface area (Å²) in [6.45, 7) is 4.88. The molecule has 8 heteroatoms. The van der Waals surface area contributed by atoms with Crippen LogP contribution >= 0.6 is 12.4 Å². The summed E-state index contributed by atoms with van der Waals surface area (Å²) in [4.78, 5) is 19.2. The Balaban J connectivity index is 0.00000280. The molecule has 7 nitrogen and oxygen atoms in total. The molecule has 2 aromatic rings. The molecule has 1 aliphatic rings. The Morgan fingerprint density at radius 2 is 2.00 bits per heavy atom. The number of rotatable bonds is 8. The molecule has 0 aliphatic carbocycles. The van der Waals surface area contributed by atoms with E-state index in [0.717, 1.165) is 50.2 Å². The van der Waals surface area contributed by atoms with E-state index in [-0.39, 0.29) is 18.3 Å². The molecular weight excluding hydrogens is 380 g/mol. The van der Waals surface area contributed by atoms with Gasteiger partial charge >= 0.3 is 0 Å². The van der Waals surface area contributed by atoms with E-state index >= 15 is 0 Å². The number of hydrogen-bond donors (Lipinski definition) is 1. The first-order valence-corrected chi connectivity index (χ1v) is 9.68. The van der Waals surface area contributed by atoms with Crippen molar-refractivity contribution in [3.63, 3.8) is 0 Å². The average Bonchev–Trinajstić information content (AvgIpc) is 3.20. The first-order valence-electron chi connectivity index (χ1n) is 9.68. The van der Waals surface area contributed by atoms with E-state index in [1.807, 2.05) is 29.2 Å². The van der Waals surface area contributed by atoms with E-state index in [0.29, 0.717) is 30.6 Å². The Hall–Kier alpha value is -2.12. The number of methoxy groups -OCH3 is 1. The van der Waals surface area contributed by atoms with Gasteiger partial charge < -0.3 is 19.5 Å². The molecular formula is C20H29ClN4O3. The number of amides is 1. The minimum Gasteiger partial charge on any atom is -0.497 e. The molecule has 0 atom stereocenters. The van der Waals surface area contributed by atoms with Crippen LogP contribution < -0.4 is 10.1 Å². The minimum atomic E-state index is 0. The van der Waals surface area contributed by atoms with Gasteiger partial charge in [-0.3, -0.25) is 4.79 Å². The molecule has 28 heavy (non-hydrogen) atoms. The maximum absolute atomic E-state index is 12.8. The summed E-state index contributed by atoms with van der Waals surface area (Å²) in [7, 11) is 1.63. The van der Waals surface area contributed by atoms with Gasteiger partial charge in [0, 0.05) is 31.0 Å². The molecule has 1 N–H and O–H groups in total. The van der Waals surface area contributed by atoms with Gasteiger partial charge in [-0.2, -0.15) is 4.98 Å². The first kappa shape index (κ1) is 22.2. The van der Waals surface area contributed by atoms with E-state index < -0.39 is 0 Å². The van der Waals surface area contributed by atoms with Crippen LogP contribution in [0.15, 0.2) is 28.8 Å². The van der Waals surface area contributed by atoms with Crippen LogP contribution in [0, 0.1) is 0 Å². The fourth-order valence-corrected chi connectivity index (χ4v) is 3.44. The number of benzene rings is 1. The lowest BCUT2D eigenvalue weighted by atomic mass is 10.0. The molecule has 0 radical (unpaired) electrons. The van der Waals surface area contributed by atoms with Gasteiger partial charge in [-0.25, -0.2) is 0 Å². The van der Waals surface area contributed by atoms with Gasteiger partial charge in [0.05, 0.1) is 7.11 Å². The van der Waals surface area contributed by atoms with Crippen molar-refractivity contribution in [1.82, 2.24) is 20.4 Å². The quantitative estimate of drug-likeness (QED) is 0.722. The van der Waals surface area contributed by atoms with E-state index in [4.69, 9.17) is 9.26 Å². The van der Waals surface area contributed by atoms with Crippen LogP contribution in [0.5, 0.6) is 5.75 Å². The molecule has 0 spiro atoms. The predicted molar refractivity (Wildman–Crippen MR) is 110 cm³/mol. The normalized spacial score (nSPS) is 14.4. The number of nitrogens with one attached hydrogen (secondary N) is 1. The maximum atomic E-state index is 12.8. The van der Waals surface area contributed by atoms with Crippen molar-refractivity contribution in [2.45, 2.75) is 45.1 Å². The monoisotopic (exact) mass is 408 g/mol. The SMILES string of the molecule is CCCN(C(=O)CCc1nc(-c2ccc(OC)cc2)no1)C1CCNCC1.Cl. The van der Waals surface area contributed by atoms with Crippen molar-refractivity contribution in [2.75, 3.05) is 26.7 Å². The first-order chi connectivity index (χ1) is 13.2. The zero-order valence-electron chi connectivity index (χ0n) is 16.5. The van der Waals surface area contributed by atoms with Gasteiger partial charge in [0.25, 0.3) is 0 Å². The molecule has 1 aromatic heterocycles. The molecule has 0 unspecified atom stereocenters. The number of aromatic nitrogens is 2. The molecule has 1 amide bonds. The topological polar surface area (TPSA) is 80.5 Å². The molecule has 1 aromatic carbocycles. The lowest BCUT2D eigenvalue weighted by Gasteiger charge is -2.34.